The minimum atomic E-state index is -3.85. The second kappa shape index (κ2) is 8.79. The van der Waals surface area contributed by atoms with E-state index in [1.807, 2.05) is 30.3 Å². The normalized spacial score (nSPS) is 11.4. The van der Waals surface area contributed by atoms with Crippen LogP contribution >= 0.6 is 0 Å². The van der Waals surface area contributed by atoms with Gasteiger partial charge in [0, 0.05) is 32.2 Å². The molecule has 0 saturated carbocycles. The van der Waals surface area contributed by atoms with E-state index in [4.69, 9.17) is 10.5 Å². The van der Waals surface area contributed by atoms with Crippen molar-refractivity contribution in [3.63, 3.8) is 0 Å². The van der Waals surface area contributed by atoms with Crippen LogP contribution in [-0.4, -0.2) is 45.9 Å². The minimum absolute atomic E-state index is 0.0566. The average Bonchev–Trinajstić information content (AvgIpc) is 2.66. The second-order valence-corrected chi connectivity index (χ2v) is 7.67. The molecule has 2 aromatic rings. The van der Waals surface area contributed by atoms with E-state index in [1.165, 1.54) is 36.7 Å². The van der Waals surface area contributed by atoms with Crippen molar-refractivity contribution in [1.82, 2.24) is 9.62 Å². The molecule has 0 fully saturated rings. The van der Waals surface area contributed by atoms with Crippen LogP contribution in [0.25, 0.3) is 0 Å². The van der Waals surface area contributed by atoms with Gasteiger partial charge in [0.15, 0.2) is 0 Å². The first-order chi connectivity index (χ1) is 12.4. The summed E-state index contributed by atoms with van der Waals surface area (Å²) in [4.78, 5) is 12.1. The number of sulfonamides is 1. The molecule has 0 bridgehead atoms. The molecule has 3 N–H and O–H groups in total. The largest absolute Gasteiger partial charge is 0.495 e. The Bertz CT molecular complexity index is 854. The molecule has 0 aliphatic heterocycles. The van der Waals surface area contributed by atoms with Gasteiger partial charge in [-0.2, -0.15) is 4.31 Å². The van der Waals surface area contributed by atoms with E-state index in [-0.39, 0.29) is 28.7 Å². The van der Waals surface area contributed by atoms with Crippen molar-refractivity contribution >= 4 is 15.9 Å². The van der Waals surface area contributed by atoms with Gasteiger partial charge in [-0.1, -0.05) is 30.3 Å². The number of amides is 1. The third-order valence-electron chi connectivity index (χ3n) is 3.79. The monoisotopic (exact) mass is 377 g/mol. The number of benzene rings is 2. The lowest BCUT2D eigenvalue weighted by atomic mass is 10.2. The highest BCUT2D eigenvalue weighted by Crippen LogP contribution is 2.28. The molecule has 0 radical (unpaired) electrons. The fraction of sp³-hybridized carbons (Fsp3) is 0.278. The zero-order chi connectivity index (χ0) is 19.2. The molecule has 1 amide bonds. The van der Waals surface area contributed by atoms with Crippen molar-refractivity contribution in [3.8, 4) is 5.75 Å². The van der Waals surface area contributed by atoms with E-state index < -0.39 is 10.0 Å². The SMILES string of the molecule is COc1ccc(C(=O)NCCN)cc1S(=O)(=O)N(C)Cc1ccccc1. The molecular formula is C18H23N3O4S. The lowest BCUT2D eigenvalue weighted by molar-refractivity contribution is 0.0954. The van der Waals surface area contributed by atoms with Gasteiger partial charge in [-0.3, -0.25) is 4.79 Å². The first kappa shape index (κ1) is 19.9. The van der Waals surface area contributed by atoms with E-state index in [0.717, 1.165) is 5.56 Å². The maximum absolute atomic E-state index is 13.0. The van der Waals surface area contributed by atoms with E-state index in [0.29, 0.717) is 13.1 Å². The smallest absolute Gasteiger partial charge is 0.251 e. The molecule has 140 valence electrons. The topological polar surface area (TPSA) is 102 Å². The molecule has 0 saturated heterocycles. The van der Waals surface area contributed by atoms with Gasteiger partial charge >= 0.3 is 0 Å². The fourth-order valence-corrected chi connectivity index (χ4v) is 3.74. The van der Waals surface area contributed by atoms with E-state index in [2.05, 4.69) is 5.32 Å². The maximum atomic E-state index is 13.0. The van der Waals surface area contributed by atoms with Crippen LogP contribution in [0.2, 0.25) is 0 Å². The molecular weight excluding hydrogens is 354 g/mol. The number of rotatable bonds is 8. The van der Waals surface area contributed by atoms with Crippen molar-refractivity contribution in [2.75, 3.05) is 27.2 Å². The van der Waals surface area contributed by atoms with Crippen LogP contribution in [0.5, 0.6) is 5.75 Å². The van der Waals surface area contributed by atoms with Crippen molar-refractivity contribution in [2.24, 2.45) is 5.73 Å². The number of hydrogen-bond donors (Lipinski definition) is 2. The summed E-state index contributed by atoms with van der Waals surface area (Å²) in [6, 6.07) is 13.6. The Morgan fingerprint density at radius 1 is 1.19 bits per heavy atom. The summed E-state index contributed by atoms with van der Waals surface area (Å²) in [5, 5.41) is 2.62. The van der Waals surface area contributed by atoms with Gasteiger partial charge in [0.1, 0.15) is 10.6 Å². The summed E-state index contributed by atoms with van der Waals surface area (Å²) in [5.41, 5.74) is 6.46. The van der Waals surface area contributed by atoms with Crippen LogP contribution in [0.3, 0.4) is 0 Å². The summed E-state index contributed by atoms with van der Waals surface area (Å²) in [6.45, 7) is 0.809. The van der Waals surface area contributed by atoms with Crippen LogP contribution in [-0.2, 0) is 16.6 Å². The second-order valence-electron chi connectivity index (χ2n) is 5.66. The van der Waals surface area contributed by atoms with Crippen LogP contribution in [0.15, 0.2) is 53.4 Å². The minimum Gasteiger partial charge on any atom is -0.495 e. The number of hydrogen-bond acceptors (Lipinski definition) is 5. The Balaban J connectivity index is 2.35. The number of ether oxygens (including phenoxy) is 1. The molecule has 2 rings (SSSR count). The number of carbonyl (C=O) groups is 1. The van der Waals surface area contributed by atoms with E-state index >= 15 is 0 Å². The number of carbonyl (C=O) groups excluding carboxylic acids is 1. The van der Waals surface area contributed by atoms with Gasteiger partial charge < -0.3 is 15.8 Å². The van der Waals surface area contributed by atoms with Crippen LogP contribution in [0.4, 0.5) is 0 Å². The number of nitrogens with zero attached hydrogens (tertiary/aromatic N) is 1. The molecule has 0 aliphatic rings. The number of nitrogens with one attached hydrogen (secondary N) is 1. The van der Waals surface area contributed by atoms with Crippen molar-refractivity contribution in [1.29, 1.82) is 0 Å². The van der Waals surface area contributed by atoms with Crippen molar-refractivity contribution in [2.45, 2.75) is 11.4 Å². The number of nitrogens with two attached hydrogens (primary N) is 1. The Morgan fingerprint density at radius 3 is 2.50 bits per heavy atom. The van der Waals surface area contributed by atoms with Crippen LogP contribution in [0, 0.1) is 0 Å². The molecule has 26 heavy (non-hydrogen) atoms. The van der Waals surface area contributed by atoms with E-state index in [9.17, 15) is 13.2 Å². The first-order valence-corrected chi connectivity index (χ1v) is 9.50. The summed E-state index contributed by atoms with van der Waals surface area (Å²) < 4.78 is 32.4. The highest BCUT2D eigenvalue weighted by atomic mass is 32.2. The Labute approximate surface area is 153 Å². The Morgan fingerprint density at radius 2 is 1.88 bits per heavy atom. The summed E-state index contributed by atoms with van der Waals surface area (Å²) in [7, 11) is -0.975. The van der Waals surface area contributed by atoms with Crippen molar-refractivity contribution < 1.29 is 17.9 Å². The summed E-state index contributed by atoms with van der Waals surface area (Å²) >= 11 is 0. The molecule has 8 heteroatoms. The third-order valence-corrected chi connectivity index (χ3v) is 5.62. The maximum Gasteiger partial charge on any atom is 0.251 e. The van der Waals surface area contributed by atoms with Crippen LogP contribution in [0.1, 0.15) is 15.9 Å². The summed E-state index contributed by atoms with van der Waals surface area (Å²) in [6.07, 6.45) is 0. The standard InChI is InChI=1S/C18H23N3O4S/c1-21(13-14-6-4-3-5-7-14)26(23,24)17-12-15(8-9-16(17)25-2)18(22)20-11-10-19/h3-9,12H,10-11,13,19H2,1-2H3,(H,20,22). The molecule has 2 aromatic carbocycles. The zero-order valence-electron chi connectivity index (χ0n) is 14.8. The highest BCUT2D eigenvalue weighted by Gasteiger charge is 2.26. The molecule has 0 aliphatic carbocycles. The lowest BCUT2D eigenvalue weighted by Gasteiger charge is -2.19. The molecule has 0 heterocycles. The van der Waals surface area contributed by atoms with Gasteiger partial charge in [0.2, 0.25) is 10.0 Å². The van der Waals surface area contributed by atoms with Gasteiger partial charge in [0.05, 0.1) is 7.11 Å². The summed E-state index contributed by atoms with van der Waals surface area (Å²) in [5.74, 6) is -0.208. The molecule has 0 aromatic heterocycles. The molecule has 0 spiro atoms. The third kappa shape index (κ3) is 4.60. The fourth-order valence-electron chi connectivity index (χ4n) is 2.40. The number of methoxy groups -OCH3 is 1. The van der Waals surface area contributed by atoms with E-state index in [1.54, 1.807) is 0 Å². The molecule has 0 unspecified atom stereocenters. The molecule has 7 nitrogen and oxygen atoms in total. The Hall–Kier alpha value is -2.42. The predicted octanol–water partition coefficient (Wildman–Crippen LogP) is 1.20. The zero-order valence-corrected chi connectivity index (χ0v) is 15.6. The lowest BCUT2D eigenvalue weighted by Crippen LogP contribution is -2.30. The van der Waals surface area contributed by atoms with Gasteiger partial charge in [-0.25, -0.2) is 8.42 Å². The predicted molar refractivity (Wildman–Crippen MR) is 99.5 cm³/mol. The van der Waals surface area contributed by atoms with Crippen LogP contribution < -0.4 is 15.8 Å². The quantitative estimate of drug-likeness (QED) is 0.720. The van der Waals surface area contributed by atoms with Gasteiger partial charge in [0.25, 0.3) is 5.91 Å². The van der Waals surface area contributed by atoms with Gasteiger partial charge in [-0.05, 0) is 23.8 Å². The Kier molecular flexibility index (Phi) is 6.73. The molecule has 0 atom stereocenters. The van der Waals surface area contributed by atoms with Crippen molar-refractivity contribution in [3.05, 3.63) is 59.7 Å². The average molecular weight is 377 g/mol. The highest BCUT2D eigenvalue weighted by molar-refractivity contribution is 7.89. The van der Waals surface area contributed by atoms with Gasteiger partial charge in [-0.15, -0.1) is 0 Å². The first-order valence-electron chi connectivity index (χ1n) is 8.06.